The van der Waals surface area contributed by atoms with E-state index in [1.807, 2.05) is 4.90 Å². The zero-order valence-corrected chi connectivity index (χ0v) is 9.21. The lowest BCUT2D eigenvalue weighted by Crippen LogP contribution is -2.54. The van der Waals surface area contributed by atoms with Crippen molar-refractivity contribution in [2.75, 3.05) is 26.2 Å². The minimum Gasteiger partial charge on any atom is -0.373 e. The summed E-state index contributed by atoms with van der Waals surface area (Å²) in [6.07, 6.45) is 5.63. The topological polar surface area (TPSA) is 55.6 Å². The van der Waals surface area contributed by atoms with Crippen LogP contribution in [-0.2, 0) is 9.53 Å². The third kappa shape index (κ3) is 2.32. The van der Waals surface area contributed by atoms with E-state index in [1.165, 1.54) is 6.42 Å². The number of amides is 1. The number of carbonyl (C=O) groups excluding carboxylic acids is 1. The Labute approximate surface area is 90.8 Å². The summed E-state index contributed by atoms with van der Waals surface area (Å²) in [6.45, 7) is 2.57. The average Bonchev–Trinajstić information content (AvgIpc) is 2.29. The Morgan fingerprint density at radius 1 is 1.33 bits per heavy atom. The Kier molecular flexibility index (Phi) is 3.26. The molecule has 0 aromatic rings. The van der Waals surface area contributed by atoms with Crippen LogP contribution in [0.1, 0.15) is 32.1 Å². The Morgan fingerprint density at radius 2 is 2.13 bits per heavy atom. The van der Waals surface area contributed by atoms with E-state index < -0.39 is 0 Å². The molecule has 2 rings (SSSR count). The number of ether oxygens (including phenoxy) is 1. The minimum absolute atomic E-state index is 0.0403. The van der Waals surface area contributed by atoms with Gasteiger partial charge in [-0.1, -0.05) is 0 Å². The molecule has 2 saturated heterocycles. The smallest absolute Gasteiger partial charge is 0.236 e. The second-order valence-electron chi connectivity index (χ2n) is 4.61. The van der Waals surface area contributed by atoms with Crippen molar-refractivity contribution in [1.82, 2.24) is 4.90 Å². The van der Waals surface area contributed by atoms with Crippen LogP contribution >= 0.6 is 0 Å². The predicted molar refractivity (Wildman–Crippen MR) is 57.4 cm³/mol. The van der Waals surface area contributed by atoms with Gasteiger partial charge in [0, 0.05) is 19.7 Å². The highest BCUT2D eigenvalue weighted by Crippen LogP contribution is 2.33. The van der Waals surface area contributed by atoms with E-state index in [2.05, 4.69) is 0 Å². The van der Waals surface area contributed by atoms with Crippen LogP contribution in [0.25, 0.3) is 0 Å². The zero-order chi connectivity index (χ0) is 10.7. The van der Waals surface area contributed by atoms with Gasteiger partial charge in [-0.2, -0.15) is 0 Å². The molecule has 2 aliphatic heterocycles. The minimum atomic E-state index is -0.0403. The van der Waals surface area contributed by atoms with Gasteiger partial charge in [-0.05, 0) is 32.1 Å². The normalized spacial score (nSPS) is 31.9. The first kappa shape index (κ1) is 10.9. The molecule has 15 heavy (non-hydrogen) atoms. The van der Waals surface area contributed by atoms with Crippen LogP contribution in [0.15, 0.2) is 0 Å². The predicted octanol–water partition coefficient (Wildman–Crippen LogP) is 0.507. The van der Waals surface area contributed by atoms with Crippen LogP contribution in [0.5, 0.6) is 0 Å². The third-order valence-electron chi connectivity index (χ3n) is 3.50. The van der Waals surface area contributed by atoms with E-state index in [1.54, 1.807) is 0 Å². The fourth-order valence-corrected chi connectivity index (χ4v) is 2.67. The molecule has 0 aromatic carbocycles. The van der Waals surface area contributed by atoms with Crippen molar-refractivity contribution in [3.63, 3.8) is 0 Å². The van der Waals surface area contributed by atoms with Gasteiger partial charge in [-0.25, -0.2) is 0 Å². The molecule has 0 aromatic heterocycles. The highest BCUT2D eigenvalue weighted by molar-refractivity contribution is 5.78. The quantitative estimate of drug-likeness (QED) is 0.689. The molecule has 0 bridgehead atoms. The number of rotatable bonds is 1. The Morgan fingerprint density at radius 3 is 2.80 bits per heavy atom. The molecule has 2 N–H and O–H groups in total. The van der Waals surface area contributed by atoms with Crippen LogP contribution in [0.2, 0.25) is 0 Å². The lowest BCUT2D eigenvalue weighted by atomic mass is 9.86. The van der Waals surface area contributed by atoms with Crippen molar-refractivity contribution >= 4 is 5.91 Å². The fourth-order valence-electron chi connectivity index (χ4n) is 2.67. The number of carbonyl (C=O) groups is 1. The Balaban J connectivity index is 1.99. The SMILES string of the molecule is NCC(=O)N1CCCC2(CCCCO2)C1. The monoisotopic (exact) mass is 212 g/mol. The van der Waals surface area contributed by atoms with Gasteiger partial charge in [-0.15, -0.1) is 0 Å². The maximum Gasteiger partial charge on any atom is 0.236 e. The molecule has 2 heterocycles. The van der Waals surface area contributed by atoms with E-state index >= 15 is 0 Å². The molecule has 1 unspecified atom stereocenters. The summed E-state index contributed by atoms with van der Waals surface area (Å²) in [5, 5.41) is 0. The van der Waals surface area contributed by atoms with Crippen LogP contribution in [-0.4, -0.2) is 42.6 Å². The molecule has 2 aliphatic rings. The van der Waals surface area contributed by atoms with Gasteiger partial charge >= 0.3 is 0 Å². The summed E-state index contributed by atoms with van der Waals surface area (Å²) in [7, 11) is 0. The number of hydrogen-bond acceptors (Lipinski definition) is 3. The van der Waals surface area contributed by atoms with E-state index in [0.717, 1.165) is 45.4 Å². The summed E-state index contributed by atoms with van der Waals surface area (Å²) >= 11 is 0. The van der Waals surface area contributed by atoms with Crippen molar-refractivity contribution in [2.24, 2.45) is 5.73 Å². The first-order valence-electron chi connectivity index (χ1n) is 5.88. The summed E-state index contributed by atoms with van der Waals surface area (Å²) < 4.78 is 5.90. The van der Waals surface area contributed by atoms with Gasteiger partial charge < -0.3 is 15.4 Å². The third-order valence-corrected chi connectivity index (χ3v) is 3.50. The average molecular weight is 212 g/mol. The zero-order valence-electron chi connectivity index (χ0n) is 9.21. The molecule has 86 valence electrons. The first-order chi connectivity index (χ1) is 7.26. The van der Waals surface area contributed by atoms with Crippen molar-refractivity contribution in [2.45, 2.75) is 37.7 Å². The van der Waals surface area contributed by atoms with E-state index in [-0.39, 0.29) is 18.1 Å². The molecule has 0 saturated carbocycles. The van der Waals surface area contributed by atoms with Gasteiger partial charge in [0.25, 0.3) is 0 Å². The van der Waals surface area contributed by atoms with Crippen LogP contribution in [0.4, 0.5) is 0 Å². The maximum atomic E-state index is 11.5. The van der Waals surface area contributed by atoms with Crippen molar-refractivity contribution in [1.29, 1.82) is 0 Å². The summed E-state index contributed by atoms with van der Waals surface area (Å²) in [4.78, 5) is 13.4. The van der Waals surface area contributed by atoms with Crippen molar-refractivity contribution in [3.05, 3.63) is 0 Å². The molecular weight excluding hydrogens is 192 g/mol. The van der Waals surface area contributed by atoms with Gasteiger partial charge in [0.05, 0.1) is 12.1 Å². The molecule has 0 radical (unpaired) electrons. The number of piperidine rings is 1. The molecule has 4 heteroatoms. The molecule has 2 fully saturated rings. The first-order valence-corrected chi connectivity index (χ1v) is 5.88. The molecule has 1 amide bonds. The number of nitrogens with two attached hydrogens (primary N) is 1. The molecule has 1 spiro atoms. The van der Waals surface area contributed by atoms with Crippen molar-refractivity contribution in [3.8, 4) is 0 Å². The maximum absolute atomic E-state index is 11.5. The molecular formula is C11H20N2O2. The summed E-state index contributed by atoms with van der Waals surface area (Å²) in [5.74, 6) is 0.0586. The van der Waals surface area contributed by atoms with E-state index in [9.17, 15) is 4.79 Å². The Bertz CT molecular complexity index is 231. The highest BCUT2D eigenvalue weighted by atomic mass is 16.5. The summed E-state index contributed by atoms with van der Waals surface area (Å²) in [6, 6.07) is 0. The number of nitrogens with zero attached hydrogens (tertiary/aromatic N) is 1. The van der Waals surface area contributed by atoms with Crippen LogP contribution < -0.4 is 5.73 Å². The number of hydrogen-bond donors (Lipinski definition) is 1. The second kappa shape index (κ2) is 4.49. The standard InChI is InChI=1S/C11H20N2O2/c12-8-10(14)13-6-3-5-11(9-13)4-1-2-7-15-11/h1-9,12H2. The molecule has 0 aliphatic carbocycles. The lowest BCUT2D eigenvalue weighted by Gasteiger charge is -2.44. The van der Waals surface area contributed by atoms with Crippen LogP contribution in [0.3, 0.4) is 0 Å². The second-order valence-corrected chi connectivity index (χ2v) is 4.61. The van der Waals surface area contributed by atoms with Gasteiger partial charge in [-0.3, -0.25) is 4.79 Å². The fraction of sp³-hybridized carbons (Fsp3) is 0.909. The van der Waals surface area contributed by atoms with Gasteiger partial charge in [0.15, 0.2) is 0 Å². The number of likely N-dealkylation sites (tertiary alicyclic amines) is 1. The van der Waals surface area contributed by atoms with Gasteiger partial charge in [0.2, 0.25) is 5.91 Å². The van der Waals surface area contributed by atoms with E-state index in [0.29, 0.717) is 0 Å². The van der Waals surface area contributed by atoms with Gasteiger partial charge in [0.1, 0.15) is 0 Å². The molecule has 1 atom stereocenters. The molecule has 4 nitrogen and oxygen atoms in total. The highest BCUT2D eigenvalue weighted by Gasteiger charge is 2.38. The van der Waals surface area contributed by atoms with Crippen molar-refractivity contribution < 1.29 is 9.53 Å². The summed E-state index contributed by atoms with van der Waals surface area (Å²) in [5.41, 5.74) is 5.35. The van der Waals surface area contributed by atoms with E-state index in [4.69, 9.17) is 10.5 Å². The Hall–Kier alpha value is -0.610. The largest absolute Gasteiger partial charge is 0.373 e. The lowest BCUT2D eigenvalue weighted by molar-refractivity contribution is -0.147. The van der Waals surface area contributed by atoms with Crippen LogP contribution in [0, 0.1) is 0 Å².